The standard InChI is InChI=1S/C26H23BrFN5O/c1-3-17-12-19-23(29-15-30-26(19)32-21-9-8-18(27)13-20(21)28)14-25(17)34-11-10-33-16(2)31-22-6-4-5-7-24(22)33/h4-9,12-15H,3,10-11H2,1-2H3,(H,29,30,32). The maximum absolute atomic E-state index is 14.4. The van der Waals surface area contributed by atoms with Crippen molar-refractivity contribution < 1.29 is 9.13 Å². The molecule has 1 N–H and O–H groups in total. The van der Waals surface area contributed by atoms with Crippen LogP contribution >= 0.6 is 15.9 Å². The number of aryl methyl sites for hydroxylation is 2. The predicted octanol–water partition coefficient (Wildman–Crippen LogP) is 6.57. The number of halogens is 2. The Labute approximate surface area is 205 Å². The van der Waals surface area contributed by atoms with Crippen molar-refractivity contribution in [2.75, 3.05) is 11.9 Å². The average molecular weight is 520 g/mol. The molecule has 34 heavy (non-hydrogen) atoms. The van der Waals surface area contributed by atoms with E-state index in [1.165, 1.54) is 12.4 Å². The molecule has 0 saturated carbocycles. The summed E-state index contributed by atoms with van der Waals surface area (Å²) in [5.74, 6) is 1.94. The minimum absolute atomic E-state index is 0.351. The zero-order chi connectivity index (χ0) is 23.7. The summed E-state index contributed by atoms with van der Waals surface area (Å²) in [6.07, 6.45) is 2.25. The molecule has 0 spiro atoms. The van der Waals surface area contributed by atoms with Crippen LogP contribution in [-0.4, -0.2) is 26.1 Å². The molecular formula is C26H23BrFN5O. The number of fused-ring (bicyclic) bond motifs is 2. The highest BCUT2D eigenvalue weighted by atomic mass is 79.9. The number of hydrogen-bond acceptors (Lipinski definition) is 5. The van der Waals surface area contributed by atoms with Crippen LogP contribution in [0.2, 0.25) is 0 Å². The molecule has 3 aromatic carbocycles. The van der Waals surface area contributed by atoms with Crippen molar-refractivity contribution in [3.05, 3.63) is 82.6 Å². The third-order valence-electron chi connectivity index (χ3n) is 5.80. The maximum atomic E-state index is 14.4. The fourth-order valence-electron chi connectivity index (χ4n) is 4.08. The Morgan fingerprint density at radius 3 is 2.74 bits per heavy atom. The van der Waals surface area contributed by atoms with E-state index in [-0.39, 0.29) is 5.82 Å². The number of anilines is 2. The second-order valence-electron chi connectivity index (χ2n) is 7.95. The molecule has 0 aliphatic carbocycles. The van der Waals surface area contributed by atoms with Crippen molar-refractivity contribution in [3.63, 3.8) is 0 Å². The Balaban J connectivity index is 1.40. The molecule has 0 amide bonds. The number of aromatic nitrogens is 4. The first-order valence-electron chi connectivity index (χ1n) is 11.1. The average Bonchev–Trinajstić information content (AvgIpc) is 3.15. The van der Waals surface area contributed by atoms with Gasteiger partial charge in [0.1, 0.15) is 36.1 Å². The number of hydrogen-bond donors (Lipinski definition) is 1. The molecule has 0 aliphatic rings. The van der Waals surface area contributed by atoms with Crippen LogP contribution in [0.15, 0.2) is 65.4 Å². The van der Waals surface area contributed by atoms with Gasteiger partial charge in [-0.25, -0.2) is 19.3 Å². The zero-order valence-electron chi connectivity index (χ0n) is 18.8. The SMILES string of the molecule is CCc1cc2c(Nc3ccc(Br)cc3F)ncnc2cc1OCCn1c(C)nc2ccccc21. The summed E-state index contributed by atoms with van der Waals surface area (Å²) >= 11 is 3.28. The molecule has 0 unspecified atom stereocenters. The number of rotatable bonds is 7. The van der Waals surface area contributed by atoms with Gasteiger partial charge in [-0.2, -0.15) is 0 Å². The summed E-state index contributed by atoms with van der Waals surface area (Å²) in [7, 11) is 0. The first-order valence-corrected chi connectivity index (χ1v) is 11.9. The molecule has 0 radical (unpaired) electrons. The van der Waals surface area contributed by atoms with Crippen LogP contribution in [0.25, 0.3) is 21.9 Å². The van der Waals surface area contributed by atoms with Gasteiger partial charge in [0.05, 0.1) is 28.8 Å². The third-order valence-corrected chi connectivity index (χ3v) is 6.29. The number of ether oxygens (including phenoxy) is 1. The van der Waals surface area contributed by atoms with Crippen LogP contribution in [0.5, 0.6) is 5.75 Å². The maximum Gasteiger partial charge on any atom is 0.147 e. The van der Waals surface area contributed by atoms with Crippen LogP contribution in [0, 0.1) is 12.7 Å². The van der Waals surface area contributed by atoms with Crippen LogP contribution in [0.1, 0.15) is 18.3 Å². The Kier molecular flexibility index (Phi) is 6.15. The van der Waals surface area contributed by atoms with E-state index in [1.807, 2.05) is 37.3 Å². The van der Waals surface area contributed by atoms with Crippen molar-refractivity contribution in [2.24, 2.45) is 0 Å². The van der Waals surface area contributed by atoms with E-state index in [0.29, 0.717) is 29.1 Å². The van der Waals surface area contributed by atoms with Gasteiger partial charge in [0.25, 0.3) is 0 Å². The van der Waals surface area contributed by atoms with E-state index in [0.717, 1.165) is 45.5 Å². The largest absolute Gasteiger partial charge is 0.491 e. The number of nitrogens with zero attached hydrogens (tertiary/aromatic N) is 4. The minimum atomic E-state index is -0.362. The van der Waals surface area contributed by atoms with Gasteiger partial charge in [-0.15, -0.1) is 0 Å². The van der Waals surface area contributed by atoms with Crippen LogP contribution < -0.4 is 10.1 Å². The second-order valence-corrected chi connectivity index (χ2v) is 8.87. The van der Waals surface area contributed by atoms with Crippen molar-refractivity contribution in [1.29, 1.82) is 0 Å². The van der Waals surface area contributed by atoms with E-state index in [9.17, 15) is 4.39 Å². The van der Waals surface area contributed by atoms with E-state index in [1.54, 1.807) is 12.1 Å². The van der Waals surface area contributed by atoms with Gasteiger partial charge in [-0.3, -0.25) is 0 Å². The van der Waals surface area contributed by atoms with E-state index >= 15 is 0 Å². The lowest BCUT2D eigenvalue weighted by Gasteiger charge is -2.15. The van der Waals surface area contributed by atoms with Gasteiger partial charge in [0.2, 0.25) is 0 Å². The van der Waals surface area contributed by atoms with E-state index in [4.69, 9.17) is 4.74 Å². The smallest absolute Gasteiger partial charge is 0.147 e. The van der Waals surface area contributed by atoms with E-state index in [2.05, 4.69) is 53.8 Å². The first kappa shape index (κ1) is 22.3. The van der Waals surface area contributed by atoms with Crippen LogP contribution in [0.3, 0.4) is 0 Å². The topological polar surface area (TPSA) is 64.9 Å². The molecule has 0 aliphatic heterocycles. The second kappa shape index (κ2) is 9.38. The Morgan fingerprint density at radius 2 is 1.91 bits per heavy atom. The molecule has 8 heteroatoms. The lowest BCUT2D eigenvalue weighted by atomic mass is 10.1. The quantitative estimate of drug-likeness (QED) is 0.263. The summed E-state index contributed by atoms with van der Waals surface area (Å²) in [4.78, 5) is 13.4. The number of imidazole rings is 1. The molecule has 0 fully saturated rings. The minimum Gasteiger partial charge on any atom is -0.491 e. The van der Waals surface area contributed by atoms with Crippen LogP contribution in [0.4, 0.5) is 15.9 Å². The number of benzene rings is 3. The van der Waals surface area contributed by atoms with E-state index < -0.39 is 0 Å². The van der Waals surface area contributed by atoms with Gasteiger partial charge in [-0.05, 0) is 55.3 Å². The summed E-state index contributed by atoms with van der Waals surface area (Å²) in [6.45, 7) is 5.27. The lowest BCUT2D eigenvalue weighted by molar-refractivity contribution is 0.296. The zero-order valence-corrected chi connectivity index (χ0v) is 20.4. The Morgan fingerprint density at radius 1 is 1.06 bits per heavy atom. The van der Waals surface area contributed by atoms with Gasteiger partial charge < -0.3 is 14.6 Å². The molecule has 5 aromatic rings. The highest BCUT2D eigenvalue weighted by Crippen LogP contribution is 2.31. The third kappa shape index (κ3) is 4.33. The molecule has 172 valence electrons. The highest BCUT2D eigenvalue weighted by molar-refractivity contribution is 9.10. The molecular weight excluding hydrogens is 497 g/mol. The van der Waals surface area contributed by atoms with Gasteiger partial charge >= 0.3 is 0 Å². The summed E-state index contributed by atoms with van der Waals surface area (Å²) in [6, 6.07) is 16.9. The van der Waals surface area contributed by atoms with Crippen molar-refractivity contribution >= 4 is 49.4 Å². The van der Waals surface area contributed by atoms with Crippen LogP contribution in [-0.2, 0) is 13.0 Å². The molecule has 2 aromatic heterocycles. The Hall–Kier alpha value is -3.52. The fourth-order valence-corrected chi connectivity index (χ4v) is 4.42. The fraction of sp³-hybridized carbons (Fsp3) is 0.192. The lowest BCUT2D eigenvalue weighted by Crippen LogP contribution is -2.10. The molecule has 2 heterocycles. The van der Waals surface area contributed by atoms with Crippen molar-refractivity contribution in [1.82, 2.24) is 19.5 Å². The number of nitrogens with one attached hydrogen (secondary N) is 1. The summed E-state index contributed by atoms with van der Waals surface area (Å²) in [5, 5.41) is 3.91. The highest BCUT2D eigenvalue weighted by Gasteiger charge is 2.13. The summed E-state index contributed by atoms with van der Waals surface area (Å²) < 4.78 is 23.4. The summed E-state index contributed by atoms with van der Waals surface area (Å²) in [5.41, 5.74) is 4.20. The molecule has 5 rings (SSSR count). The van der Waals surface area contributed by atoms with Gasteiger partial charge in [-0.1, -0.05) is 35.0 Å². The van der Waals surface area contributed by atoms with Gasteiger partial charge in [0, 0.05) is 15.9 Å². The predicted molar refractivity (Wildman–Crippen MR) is 136 cm³/mol. The molecule has 0 bridgehead atoms. The Bertz CT molecular complexity index is 1500. The van der Waals surface area contributed by atoms with Gasteiger partial charge in [0.15, 0.2) is 0 Å². The monoisotopic (exact) mass is 519 g/mol. The normalized spacial score (nSPS) is 11.3. The molecule has 0 atom stereocenters. The van der Waals surface area contributed by atoms with Crippen molar-refractivity contribution in [3.8, 4) is 5.75 Å². The van der Waals surface area contributed by atoms with Crippen molar-refractivity contribution in [2.45, 2.75) is 26.8 Å². The first-order chi connectivity index (χ1) is 16.5. The molecule has 0 saturated heterocycles. The number of para-hydroxylation sites is 2. The molecule has 6 nitrogen and oxygen atoms in total.